The quantitative estimate of drug-likeness (QED) is 0.247. The molecule has 0 saturated carbocycles. The standard InChI is InChI=1S/C21H36O5/c1-3-12-23-21(22)11-9-7-5-6-8-10-16-18(25-16)14-20-19(26-20)13-17-15(4-2)24-17/h15-20H,3-14H2,1-2H3. The molecule has 0 bridgehead atoms. The zero-order valence-corrected chi connectivity index (χ0v) is 16.5. The second-order valence-corrected chi connectivity index (χ2v) is 8.05. The smallest absolute Gasteiger partial charge is 0.305 e. The fraction of sp³-hybridized carbons (Fsp3) is 0.952. The van der Waals surface area contributed by atoms with Crippen LogP contribution in [0, 0.1) is 0 Å². The first-order chi connectivity index (χ1) is 12.7. The lowest BCUT2D eigenvalue weighted by Gasteiger charge is -2.03. The molecule has 0 aromatic heterocycles. The Morgan fingerprint density at radius 3 is 2.04 bits per heavy atom. The van der Waals surface area contributed by atoms with Crippen molar-refractivity contribution in [3.63, 3.8) is 0 Å². The fourth-order valence-electron chi connectivity index (χ4n) is 3.87. The molecule has 3 heterocycles. The van der Waals surface area contributed by atoms with Gasteiger partial charge in [-0.15, -0.1) is 0 Å². The Labute approximate surface area is 158 Å². The Bertz CT molecular complexity index is 440. The van der Waals surface area contributed by atoms with E-state index in [1.165, 1.54) is 25.7 Å². The molecule has 6 unspecified atom stereocenters. The summed E-state index contributed by atoms with van der Waals surface area (Å²) in [4.78, 5) is 11.4. The van der Waals surface area contributed by atoms with Crippen LogP contribution in [-0.2, 0) is 23.7 Å². The molecule has 3 fully saturated rings. The van der Waals surface area contributed by atoms with Crippen molar-refractivity contribution in [2.24, 2.45) is 0 Å². The topological polar surface area (TPSA) is 63.9 Å². The molecule has 5 nitrogen and oxygen atoms in total. The maximum absolute atomic E-state index is 11.4. The van der Waals surface area contributed by atoms with Gasteiger partial charge in [-0.3, -0.25) is 4.79 Å². The number of ether oxygens (including phenoxy) is 4. The summed E-state index contributed by atoms with van der Waals surface area (Å²) in [7, 11) is 0. The molecular weight excluding hydrogens is 332 g/mol. The molecule has 3 aliphatic rings. The first-order valence-corrected chi connectivity index (χ1v) is 10.8. The third-order valence-electron chi connectivity index (χ3n) is 5.73. The van der Waals surface area contributed by atoms with Gasteiger partial charge in [-0.05, 0) is 25.7 Å². The minimum absolute atomic E-state index is 0.0415. The van der Waals surface area contributed by atoms with E-state index in [9.17, 15) is 4.79 Å². The molecule has 0 aromatic carbocycles. The van der Waals surface area contributed by atoms with Crippen LogP contribution in [-0.4, -0.2) is 49.2 Å². The van der Waals surface area contributed by atoms with Crippen LogP contribution in [0.3, 0.4) is 0 Å². The summed E-state index contributed by atoms with van der Waals surface area (Å²) in [5.74, 6) is -0.0415. The Morgan fingerprint density at radius 2 is 1.35 bits per heavy atom. The van der Waals surface area contributed by atoms with Gasteiger partial charge in [0.2, 0.25) is 0 Å². The van der Waals surface area contributed by atoms with E-state index in [1.54, 1.807) is 0 Å². The van der Waals surface area contributed by atoms with Crippen LogP contribution in [0.1, 0.15) is 84.5 Å². The minimum Gasteiger partial charge on any atom is -0.466 e. The fourth-order valence-corrected chi connectivity index (χ4v) is 3.87. The molecule has 6 atom stereocenters. The van der Waals surface area contributed by atoms with Gasteiger partial charge in [0.25, 0.3) is 0 Å². The SMILES string of the molecule is CCCOC(=O)CCCCCCCC1OC1CC1OC1CC1OC1CC. The lowest BCUT2D eigenvalue weighted by Crippen LogP contribution is -2.05. The molecule has 26 heavy (non-hydrogen) atoms. The molecule has 0 spiro atoms. The van der Waals surface area contributed by atoms with Crippen molar-refractivity contribution >= 4 is 5.97 Å². The zero-order chi connectivity index (χ0) is 18.4. The van der Waals surface area contributed by atoms with Gasteiger partial charge in [0.05, 0.1) is 43.2 Å². The zero-order valence-electron chi connectivity index (χ0n) is 16.5. The van der Waals surface area contributed by atoms with Crippen LogP contribution in [0.2, 0.25) is 0 Å². The van der Waals surface area contributed by atoms with E-state index < -0.39 is 0 Å². The third-order valence-corrected chi connectivity index (χ3v) is 5.73. The summed E-state index contributed by atoms with van der Waals surface area (Å²) in [5, 5.41) is 0. The highest BCUT2D eigenvalue weighted by Crippen LogP contribution is 2.41. The van der Waals surface area contributed by atoms with E-state index >= 15 is 0 Å². The Hall–Kier alpha value is -0.650. The van der Waals surface area contributed by atoms with Gasteiger partial charge in [0, 0.05) is 19.3 Å². The predicted octanol–water partition coefficient (Wildman–Crippen LogP) is 4.16. The van der Waals surface area contributed by atoms with Gasteiger partial charge in [-0.25, -0.2) is 0 Å². The van der Waals surface area contributed by atoms with Crippen molar-refractivity contribution < 1.29 is 23.7 Å². The molecule has 3 rings (SSSR count). The number of unbranched alkanes of at least 4 members (excludes halogenated alkanes) is 4. The number of carbonyl (C=O) groups excluding carboxylic acids is 1. The van der Waals surface area contributed by atoms with E-state index in [-0.39, 0.29) is 5.97 Å². The van der Waals surface area contributed by atoms with E-state index in [0.717, 1.165) is 38.5 Å². The van der Waals surface area contributed by atoms with Crippen molar-refractivity contribution in [1.29, 1.82) is 0 Å². The van der Waals surface area contributed by atoms with Gasteiger partial charge < -0.3 is 18.9 Å². The summed E-state index contributed by atoms with van der Waals surface area (Å²) in [5.41, 5.74) is 0. The van der Waals surface area contributed by atoms with Crippen LogP contribution in [0.5, 0.6) is 0 Å². The highest BCUT2D eigenvalue weighted by atomic mass is 16.6. The van der Waals surface area contributed by atoms with Crippen molar-refractivity contribution in [1.82, 2.24) is 0 Å². The molecule has 150 valence electrons. The number of hydrogen-bond acceptors (Lipinski definition) is 5. The second-order valence-electron chi connectivity index (χ2n) is 8.05. The molecule has 5 heteroatoms. The Kier molecular flexibility index (Phi) is 7.77. The summed E-state index contributed by atoms with van der Waals surface area (Å²) in [6.45, 7) is 4.75. The van der Waals surface area contributed by atoms with Crippen molar-refractivity contribution in [3.8, 4) is 0 Å². The van der Waals surface area contributed by atoms with Crippen molar-refractivity contribution in [3.05, 3.63) is 0 Å². The highest BCUT2D eigenvalue weighted by Gasteiger charge is 2.51. The molecule has 3 aliphatic heterocycles. The van der Waals surface area contributed by atoms with Crippen LogP contribution in [0.15, 0.2) is 0 Å². The number of esters is 1. The minimum atomic E-state index is -0.0415. The average Bonchev–Trinajstić information content (AvgIpc) is 3.53. The van der Waals surface area contributed by atoms with Crippen molar-refractivity contribution in [2.45, 2.75) is 121 Å². The van der Waals surface area contributed by atoms with E-state index in [1.807, 2.05) is 6.92 Å². The number of carbonyl (C=O) groups is 1. The number of hydrogen-bond donors (Lipinski definition) is 0. The van der Waals surface area contributed by atoms with Gasteiger partial charge in [0.15, 0.2) is 0 Å². The Balaban J connectivity index is 1.09. The molecule has 0 aromatic rings. The summed E-state index contributed by atoms with van der Waals surface area (Å²) >= 11 is 0. The van der Waals surface area contributed by atoms with Gasteiger partial charge in [0.1, 0.15) is 0 Å². The largest absolute Gasteiger partial charge is 0.466 e. The summed E-state index contributed by atoms with van der Waals surface area (Å²) in [6, 6.07) is 0. The lowest BCUT2D eigenvalue weighted by molar-refractivity contribution is -0.143. The van der Waals surface area contributed by atoms with Gasteiger partial charge in [-0.2, -0.15) is 0 Å². The maximum Gasteiger partial charge on any atom is 0.305 e. The molecule has 3 saturated heterocycles. The first-order valence-electron chi connectivity index (χ1n) is 10.8. The molecule has 0 aliphatic carbocycles. The lowest BCUT2D eigenvalue weighted by atomic mass is 10.0. The van der Waals surface area contributed by atoms with Gasteiger partial charge in [-0.1, -0.05) is 39.5 Å². The molecule has 0 amide bonds. The van der Waals surface area contributed by atoms with Gasteiger partial charge >= 0.3 is 5.97 Å². The average molecular weight is 369 g/mol. The van der Waals surface area contributed by atoms with Crippen LogP contribution in [0.25, 0.3) is 0 Å². The monoisotopic (exact) mass is 368 g/mol. The van der Waals surface area contributed by atoms with E-state index in [2.05, 4.69) is 6.92 Å². The normalized spacial score (nSPS) is 34.5. The van der Waals surface area contributed by atoms with E-state index in [0.29, 0.717) is 49.7 Å². The van der Waals surface area contributed by atoms with Crippen molar-refractivity contribution in [2.75, 3.05) is 6.61 Å². The maximum atomic E-state index is 11.4. The van der Waals surface area contributed by atoms with Crippen LogP contribution < -0.4 is 0 Å². The first kappa shape index (κ1) is 20.1. The number of rotatable bonds is 15. The Morgan fingerprint density at radius 1 is 0.769 bits per heavy atom. The van der Waals surface area contributed by atoms with Crippen LogP contribution >= 0.6 is 0 Å². The summed E-state index contributed by atoms with van der Waals surface area (Å²) < 4.78 is 22.3. The number of epoxide rings is 3. The van der Waals surface area contributed by atoms with Crippen LogP contribution in [0.4, 0.5) is 0 Å². The second kappa shape index (κ2) is 10.0. The predicted molar refractivity (Wildman–Crippen MR) is 99.1 cm³/mol. The summed E-state index contributed by atoms with van der Waals surface area (Å²) in [6.07, 6.45) is 14.3. The highest BCUT2D eigenvalue weighted by molar-refractivity contribution is 5.69. The van der Waals surface area contributed by atoms with E-state index in [4.69, 9.17) is 18.9 Å². The molecule has 0 N–H and O–H groups in total. The third kappa shape index (κ3) is 6.82. The molecular formula is C21H36O5. The molecule has 0 radical (unpaired) electrons.